The molecule has 1 aromatic rings. The maximum atomic E-state index is 5.14. The van der Waals surface area contributed by atoms with Crippen LogP contribution in [0.2, 0.25) is 0 Å². The van der Waals surface area contributed by atoms with Crippen LogP contribution < -0.4 is 5.32 Å². The maximum Gasteiger partial charge on any atom is 0.0961 e. The molecule has 0 spiro atoms. The lowest BCUT2D eigenvalue weighted by atomic mass is 10.2. The van der Waals surface area contributed by atoms with E-state index in [1.807, 2.05) is 6.20 Å². The molecule has 0 fully saturated rings. The van der Waals surface area contributed by atoms with Crippen LogP contribution in [0.3, 0.4) is 0 Å². The molecule has 1 rings (SSSR count). The summed E-state index contributed by atoms with van der Waals surface area (Å²) in [6, 6.07) is 4.48. The second kappa shape index (κ2) is 7.52. The third-order valence-electron chi connectivity index (χ3n) is 2.26. The zero-order chi connectivity index (χ0) is 11.8. The first kappa shape index (κ1) is 13.3. The molecule has 4 heteroatoms. The van der Waals surface area contributed by atoms with Crippen molar-refractivity contribution in [2.75, 3.05) is 24.8 Å². The molecule has 0 aliphatic carbocycles. The first-order chi connectivity index (χ1) is 7.80. The zero-order valence-electron chi connectivity index (χ0n) is 10.2. The summed E-state index contributed by atoms with van der Waals surface area (Å²) in [5.41, 5.74) is 1.06. The Morgan fingerprint density at radius 3 is 2.75 bits per heavy atom. The second-order valence-corrected chi connectivity index (χ2v) is 4.81. The molecule has 0 aliphatic rings. The van der Waals surface area contributed by atoms with Crippen molar-refractivity contribution >= 4 is 17.4 Å². The third kappa shape index (κ3) is 4.41. The van der Waals surface area contributed by atoms with E-state index in [4.69, 9.17) is 4.74 Å². The molecule has 0 radical (unpaired) electrons. The van der Waals surface area contributed by atoms with Crippen molar-refractivity contribution in [3.05, 3.63) is 18.3 Å². The summed E-state index contributed by atoms with van der Waals surface area (Å²) in [5, 5.41) is 4.48. The SMILES string of the molecule is CCSc1ccc(NC(CC)COC)cn1. The van der Waals surface area contributed by atoms with Crippen molar-refractivity contribution in [2.24, 2.45) is 0 Å². The minimum Gasteiger partial charge on any atom is -0.383 e. The molecule has 1 N–H and O–H groups in total. The van der Waals surface area contributed by atoms with E-state index >= 15 is 0 Å². The van der Waals surface area contributed by atoms with Gasteiger partial charge in [0.15, 0.2) is 0 Å². The first-order valence-corrected chi connectivity index (χ1v) is 6.63. The monoisotopic (exact) mass is 240 g/mol. The Hall–Kier alpha value is -0.740. The van der Waals surface area contributed by atoms with Gasteiger partial charge in [0.1, 0.15) is 0 Å². The highest BCUT2D eigenvalue weighted by Gasteiger charge is 2.05. The van der Waals surface area contributed by atoms with Gasteiger partial charge in [0.05, 0.1) is 23.5 Å². The maximum absolute atomic E-state index is 5.14. The molecule has 0 saturated carbocycles. The van der Waals surface area contributed by atoms with Crippen molar-refractivity contribution in [3.8, 4) is 0 Å². The normalized spacial score (nSPS) is 12.4. The van der Waals surface area contributed by atoms with E-state index in [0.29, 0.717) is 6.04 Å². The van der Waals surface area contributed by atoms with Crippen molar-refractivity contribution in [3.63, 3.8) is 0 Å². The molecule has 1 unspecified atom stereocenters. The largest absolute Gasteiger partial charge is 0.383 e. The van der Waals surface area contributed by atoms with Gasteiger partial charge in [-0.2, -0.15) is 0 Å². The highest BCUT2D eigenvalue weighted by Crippen LogP contribution is 2.17. The molecular weight excluding hydrogens is 220 g/mol. The molecule has 3 nitrogen and oxygen atoms in total. The predicted octanol–water partition coefficient (Wildman–Crippen LogP) is 3.03. The Bertz CT molecular complexity index is 290. The minimum absolute atomic E-state index is 0.358. The average Bonchev–Trinajstić information content (AvgIpc) is 2.31. The van der Waals surface area contributed by atoms with E-state index in [1.54, 1.807) is 18.9 Å². The van der Waals surface area contributed by atoms with Gasteiger partial charge in [0, 0.05) is 13.2 Å². The lowest BCUT2D eigenvalue weighted by molar-refractivity contribution is 0.184. The molecular formula is C12H20N2OS. The number of anilines is 1. The quantitative estimate of drug-likeness (QED) is 0.743. The van der Waals surface area contributed by atoms with Gasteiger partial charge in [-0.3, -0.25) is 0 Å². The molecule has 90 valence electrons. The topological polar surface area (TPSA) is 34.1 Å². The van der Waals surface area contributed by atoms with Gasteiger partial charge in [0.25, 0.3) is 0 Å². The van der Waals surface area contributed by atoms with Crippen LogP contribution in [0.15, 0.2) is 23.4 Å². The number of nitrogens with one attached hydrogen (secondary N) is 1. The predicted molar refractivity (Wildman–Crippen MR) is 70.2 cm³/mol. The lowest BCUT2D eigenvalue weighted by Gasteiger charge is -2.16. The van der Waals surface area contributed by atoms with Gasteiger partial charge in [-0.1, -0.05) is 13.8 Å². The number of rotatable bonds is 7. The van der Waals surface area contributed by atoms with E-state index in [2.05, 4.69) is 36.3 Å². The fourth-order valence-electron chi connectivity index (χ4n) is 1.40. The number of methoxy groups -OCH3 is 1. The Labute approximate surface area is 102 Å². The summed E-state index contributed by atoms with van der Waals surface area (Å²) in [5.74, 6) is 1.06. The summed E-state index contributed by atoms with van der Waals surface area (Å²) in [6.07, 6.45) is 2.93. The summed E-state index contributed by atoms with van der Waals surface area (Å²) < 4.78 is 5.14. The van der Waals surface area contributed by atoms with Crippen LogP contribution in [0.25, 0.3) is 0 Å². The van der Waals surface area contributed by atoms with Gasteiger partial charge in [-0.05, 0) is 24.3 Å². The van der Waals surface area contributed by atoms with Crippen molar-refractivity contribution in [1.29, 1.82) is 0 Å². The molecule has 16 heavy (non-hydrogen) atoms. The Morgan fingerprint density at radius 1 is 1.44 bits per heavy atom. The second-order valence-electron chi connectivity index (χ2n) is 3.52. The molecule has 1 atom stereocenters. The van der Waals surface area contributed by atoms with Crippen LogP contribution in [-0.4, -0.2) is 30.5 Å². The third-order valence-corrected chi connectivity index (χ3v) is 3.09. The Balaban J connectivity index is 2.53. The number of nitrogens with zero attached hydrogens (tertiary/aromatic N) is 1. The van der Waals surface area contributed by atoms with Crippen LogP contribution in [0.5, 0.6) is 0 Å². The number of pyridine rings is 1. The number of aromatic nitrogens is 1. The molecule has 0 aliphatic heterocycles. The van der Waals surface area contributed by atoms with Crippen molar-refractivity contribution in [2.45, 2.75) is 31.3 Å². The lowest BCUT2D eigenvalue weighted by Crippen LogP contribution is -2.23. The smallest absolute Gasteiger partial charge is 0.0961 e. The molecule has 0 bridgehead atoms. The summed E-state index contributed by atoms with van der Waals surface area (Å²) >= 11 is 1.76. The van der Waals surface area contributed by atoms with E-state index < -0.39 is 0 Å². The van der Waals surface area contributed by atoms with E-state index in [9.17, 15) is 0 Å². The average molecular weight is 240 g/mol. The highest BCUT2D eigenvalue weighted by molar-refractivity contribution is 7.99. The van der Waals surface area contributed by atoms with Gasteiger partial charge in [-0.15, -0.1) is 11.8 Å². The van der Waals surface area contributed by atoms with Crippen LogP contribution >= 0.6 is 11.8 Å². The van der Waals surface area contributed by atoms with Gasteiger partial charge in [0.2, 0.25) is 0 Å². The van der Waals surface area contributed by atoms with Gasteiger partial charge >= 0.3 is 0 Å². The minimum atomic E-state index is 0.358. The van der Waals surface area contributed by atoms with E-state index in [-0.39, 0.29) is 0 Å². The molecule has 0 saturated heterocycles. The number of hydrogen-bond acceptors (Lipinski definition) is 4. The van der Waals surface area contributed by atoms with E-state index in [0.717, 1.165) is 29.5 Å². The summed E-state index contributed by atoms with van der Waals surface area (Å²) in [6.45, 7) is 5.00. The number of hydrogen-bond donors (Lipinski definition) is 1. The highest BCUT2D eigenvalue weighted by atomic mass is 32.2. The number of thioether (sulfide) groups is 1. The Kier molecular flexibility index (Phi) is 6.26. The molecule has 1 heterocycles. The van der Waals surface area contributed by atoms with Crippen LogP contribution in [0.1, 0.15) is 20.3 Å². The van der Waals surface area contributed by atoms with Crippen molar-refractivity contribution in [1.82, 2.24) is 4.98 Å². The standard InChI is InChI=1S/C12H20N2OS/c1-4-10(9-15-3)14-11-6-7-12(13-8-11)16-5-2/h6-8,10,14H,4-5,9H2,1-3H3. The van der Waals surface area contributed by atoms with Crippen LogP contribution in [0.4, 0.5) is 5.69 Å². The molecule has 0 amide bonds. The zero-order valence-corrected chi connectivity index (χ0v) is 11.0. The van der Waals surface area contributed by atoms with Crippen LogP contribution in [0, 0.1) is 0 Å². The number of ether oxygens (including phenoxy) is 1. The molecule has 1 aromatic heterocycles. The summed E-state index contributed by atoms with van der Waals surface area (Å²) in [7, 11) is 1.73. The van der Waals surface area contributed by atoms with Crippen molar-refractivity contribution < 1.29 is 4.74 Å². The molecule has 0 aromatic carbocycles. The fraction of sp³-hybridized carbons (Fsp3) is 0.583. The Morgan fingerprint density at radius 2 is 2.25 bits per heavy atom. The van der Waals surface area contributed by atoms with Crippen LogP contribution in [-0.2, 0) is 4.74 Å². The van der Waals surface area contributed by atoms with E-state index in [1.165, 1.54) is 0 Å². The van der Waals surface area contributed by atoms with Gasteiger partial charge in [-0.25, -0.2) is 4.98 Å². The van der Waals surface area contributed by atoms with Gasteiger partial charge < -0.3 is 10.1 Å². The summed E-state index contributed by atoms with van der Waals surface area (Å²) in [4.78, 5) is 4.38. The first-order valence-electron chi connectivity index (χ1n) is 5.64. The fourth-order valence-corrected chi connectivity index (χ4v) is 1.98.